The highest BCUT2D eigenvalue weighted by atomic mass is 79.9. The van der Waals surface area contributed by atoms with Crippen LogP contribution in [0.1, 0.15) is 37.5 Å². The molecule has 0 fully saturated rings. The van der Waals surface area contributed by atoms with Crippen molar-refractivity contribution >= 4 is 15.9 Å². The van der Waals surface area contributed by atoms with E-state index >= 15 is 0 Å². The predicted octanol–water partition coefficient (Wildman–Crippen LogP) is 3.06. The van der Waals surface area contributed by atoms with Gasteiger partial charge in [0.05, 0.1) is 0 Å². The molecule has 2 nitrogen and oxygen atoms in total. The summed E-state index contributed by atoms with van der Waals surface area (Å²) in [5.74, 6) is 0.884. The lowest BCUT2D eigenvalue weighted by atomic mass is 10.1. The SMILES string of the molecule is CCc1cc(CC(Br)CC)nc(C)n1. The molecule has 1 aromatic rings. The zero-order valence-corrected chi connectivity index (χ0v) is 10.6. The molecule has 0 aliphatic rings. The van der Waals surface area contributed by atoms with Gasteiger partial charge < -0.3 is 0 Å². The van der Waals surface area contributed by atoms with Crippen molar-refractivity contribution in [3.8, 4) is 0 Å². The van der Waals surface area contributed by atoms with Crippen LogP contribution in [0.3, 0.4) is 0 Å². The average molecular weight is 257 g/mol. The van der Waals surface area contributed by atoms with Crippen molar-refractivity contribution in [2.24, 2.45) is 0 Å². The Balaban J connectivity index is 2.81. The van der Waals surface area contributed by atoms with Gasteiger partial charge >= 0.3 is 0 Å². The van der Waals surface area contributed by atoms with Crippen LogP contribution < -0.4 is 0 Å². The van der Waals surface area contributed by atoms with Crippen LogP contribution >= 0.6 is 15.9 Å². The first-order valence-electron chi connectivity index (χ1n) is 5.13. The summed E-state index contributed by atoms with van der Waals surface area (Å²) in [5, 5.41) is 0. The van der Waals surface area contributed by atoms with Gasteiger partial charge in [-0.2, -0.15) is 0 Å². The van der Waals surface area contributed by atoms with Crippen LogP contribution in [0.15, 0.2) is 6.07 Å². The maximum absolute atomic E-state index is 4.43. The largest absolute Gasteiger partial charge is 0.238 e. The number of rotatable bonds is 4. The minimum Gasteiger partial charge on any atom is -0.238 e. The summed E-state index contributed by atoms with van der Waals surface area (Å²) in [4.78, 5) is 9.32. The summed E-state index contributed by atoms with van der Waals surface area (Å²) < 4.78 is 0. The van der Waals surface area contributed by atoms with Crippen LogP contribution in [-0.4, -0.2) is 14.8 Å². The molecule has 0 spiro atoms. The summed E-state index contributed by atoms with van der Waals surface area (Å²) in [6, 6.07) is 2.11. The van der Waals surface area contributed by atoms with Gasteiger partial charge in [0, 0.05) is 22.6 Å². The molecular formula is C11H17BrN2. The quantitative estimate of drug-likeness (QED) is 0.775. The van der Waals surface area contributed by atoms with Gasteiger partial charge in [-0.3, -0.25) is 0 Å². The Morgan fingerprint density at radius 3 is 2.50 bits per heavy atom. The summed E-state index contributed by atoms with van der Waals surface area (Å²) in [6.07, 6.45) is 3.10. The molecule has 0 aliphatic carbocycles. The van der Waals surface area contributed by atoms with E-state index in [-0.39, 0.29) is 0 Å². The summed E-state index contributed by atoms with van der Waals surface area (Å²) in [5.41, 5.74) is 2.29. The fourth-order valence-corrected chi connectivity index (χ4v) is 1.69. The first kappa shape index (κ1) is 11.6. The summed E-state index contributed by atoms with van der Waals surface area (Å²) >= 11 is 3.62. The topological polar surface area (TPSA) is 25.8 Å². The smallest absolute Gasteiger partial charge is 0.125 e. The van der Waals surface area contributed by atoms with Crippen LogP contribution in [0.5, 0.6) is 0 Å². The fraction of sp³-hybridized carbons (Fsp3) is 0.636. The van der Waals surface area contributed by atoms with Crippen molar-refractivity contribution in [1.29, 1.82) is 0 Å². The molecule has 0 aromatic carbocycles. The normalized spacial score (nSPS) is 12.9. The van der Waals surface area contributed by atoms with Crippen LogP contribution in [-0.2, 0) is 12.8 Å². The van der Waals surface area contributed by atoms with Gasteiger partial charge in [0.2, 0.25) is 0 Å². The van der Waals surface area contributed by atoms with Gasteiger partial charge in [-0.15, -0.1) is 0 Å². The van der Waals surface area contributed by atoms with E-state index in [4.69, 9.17) is 0 Å². The summed E-state index contributed by atoms with van der Waals surface area (Å²) in [6.45, 7) is 6.25. The van der Waals surface area contributed by atoms with Gasteiger partial charge in [0.15, 0.2) is 0 Å². The first-order valence-corrected chi connectivity index (χ1v) is 6.04. The molecule has 3 heteroatoms. The number of hydrogen-bond donors (Lipinski definition) is 0. The third-order valence-corrected chi connectivity index (χ3v) is 3.15. The minimum atomic E-state index is 0.529. The van der Waals surface area contributed by atoms with Gasteiger partial charge in [-0.1, -0.05) is 29.8 Å². The molecule has 14 heavy (non-hydrogen) atoms. The molecule has 1 atom stereocenters. The monoisotopic (exact) mass is 256 g/mol. The van der Waals surface area contributed by atoms with Crippen LogP contribution in [0.2, 0.25) is 0 Å². The Morgan fingerprint density at radius 2 is 1.93 bits per heavy atom. The molecule has 0 N–H and O–H groups in total. The molecule has 78 valence electrons. The van der Waals surface area contributed by atoms with E-state index in [1.807, 2.05) is 6.92 Å². The Bertz CT molecular complexity index is 299. The molecule has 1 aromatic heterocycles. The Morgan fingerprint density at radius 1 is 1.29 bits per heavy atom. The third kappa shape index (κ3) is 3.37. The van der Waals surface area contributed by atoms with E-state index < -0.39 is 0 Å². The van der Waals surface area contributed by atoms with Crippen molar-refractivity contribution in [2.45, 2.75) is 44.9 Å². The molecule has 0 amide bonds. The second-order valence-corrected chi connectivity index (χ2v) is 4.76. The number of alkyl halides is 1. The van der Waals surface area contributed by atoms with Gasteiger partial charge in [-0.05, 0) is 25.8 Å². The maximum atomic E-state index is 4.43. The summed E-state index contributed by atoms with van der Waals surface area (Å²) in [7, 11) is 0. The van der Waals surface area contributed by atoms with E-state index in [0.29, 0.717) is 4.83 Å². The lowest BCUT2D eigenvalue weighted by Gasteiger charge is -2.07. The van der Waals surface area contributed by atoms with Crippen LogP contribution in [0.4, 0.5) is 0 Å². The van der Waals surface area contributed by atoms with E-state index in [1.54, 1.807) is 0 Å². The molecule has 0 bridgehead atoms. The molecule has 1 unspecified atom stereocenters. The highest BCUT2D eigenvalue weighted by molar-refractivity contribution is 9.09. The molecule has 0 saturated heterocycles. The Labute approximate surface area is 94.3 Å². The standard InChI is InChI=1S/C11H17BrN2/c1-4-9(12)6-11-7-10(5-2)13-8(3)14-11/h7,9H,4-6H2,1-3H3. The average Bonchev–Trinajstić information content (AvgIpc) is 2.16. The fourth-order valence-electron chi connectivity index (χ4n) is 1.35. The second-order valence-electron chi connectivity index (χ2n) is 3.46. The molecule has 0 saturated carbocycles. The molecule has 0 radical (unpaired) electrons. The lowest BCUT2D eigenvalue weighted by Crippen LogP contribution is -2.06. The number of aromatic nitrogens is 2. The number of hydrogen-bond acceptors (Lipinski definition) is 2. The molecule has 0 aliphatic heterocycles. The number of nitrogens with zero attached hydrogens (tertiary/aromatic N) is 2. The minimum absolute atomic E-state index is 0.529. The highest BCUT2D eigenvalue weighted by Gasteiger charge is 2.06. The third-order valence-electron chi connectivity index (χ3n) is 2.18. The molecule has 1 rings (SSSR count). The lowest BCUT2D eigenvalue weighted by molar-refractivity contribution is 0.789. The van der Waals surface area contributed by atoms with Crippen LogP contribution in [0, 0.1) is 6.92 Å². The van der Waals surface area contributed by atoms with E-state index in [1.165, 1.54) is 0 Å². The zero-order chi connectivity index (χ0) is 10.6. The zero-order valence-electron chi connectivity index (χ0n) is 9.05. The van der Waals surface area contributed by atoms with Crippen LogP contribution in [0.25, 0.3) is 0 Å². The van der Waals surface area contributed by atoms with Gasteiger partial charge in [-0.25, -0.2) is 9.97 Å². The second kappa shape index (κ2) is 5.44. The number of halogens is 1. The highest BCUT2D eigenvalue weighted by Crippen LogP contribution is 2.12. The molecule has 1 heterocycles. The van der Waals surface area contributed by atoms with Crippen molar-refractivity contribution in [3.63, 3.8) is 0 Å². The molecular weight excluding hydrogens is 240 g/mol. The Hall–Kier alpha value is -0.440. The van der Waals surface area contributed by atoms with E-state index in [9.17, 15) is 0 Å². The Kier molecular flexibility index (Phi) is 4.52. The predicted molar refractivity (Wildman–Crippen MR) is 62.9 cm³/mol. The van der Waals surface area contributed by atoms with E-state index in [2.05, 4.69) is 45.8 Å². The van der Waals surface area contributed by atoms with Crippen molar-refractivity contribution in [2.75, 3.05) is 0 Å². The van der Waals surface area contributed by atoms with E-state index in [0.717, 1.165) is 36.5 Å². The van der Waals surface area contributed by atoms with Gasteiger partial charge in [0.1, 0.15) is 5.82 Å². The maximum Gasteiger partial charge on any atom is 0.125 e. The van der Waals surface area contributed by atoms with Crippen molar-refractivity contribution in [3.05, 3.63) is 23.3 Å². The van der Waals surface area contributed by atoms with Crippen molar-refractivity contribution in [1.82, 2.24) is 9.97 Å². The van der Waals surface area contributed by atoms with Crippen molar-refractivity contribution < 1.29 is 0 Å². The number of aryl methyl sites for hydroxylation is 2. The first-order chi connectivity index (χ1) is 6.65. The van der Waals surface area contributed by atoms with Gasteiger partial charge in [0.25, 0.3) is 0 Å².